The van der Waals surface area contributed by atoms with Crippen LogP contribution in [0.3, 0.4) is 0 Å². The third-order valence-corrected chi connectivity index (χ3v) is 10.6. The monoisotopic (exact) mass is 652 g/mol. The zero-order chi connectivity index (χ0) is 31.2. The SMILES string of the molecule is CC12C(=O)N(c3ccc(F)c(Cl)c3)C(=O)C1CC1C(=CCC3C(=O)N(c4ccc(Cl)cc4)C(=O)C31)C2c1cc(Cl)ccc1O. The lowest BCUT2D eigenvalue weighted by molar-refractivity contribution is -0.131. The fraction of sp³-hybridized carbons (Fsp3) is 0.273. The average molecular weight is 654 g/mol. The molecule has 1 saturated carbocycles. The number of benzene rings is 3. The number of phenols is 1. The van der Waals surface area contributed by atoms with Crippen molar-refractivity contribution in [2.75, 3.05) is 9.80 Å². The Balaban J connectivity index is 1.38. The number of imide groups is 2. The van der Waals surface area contributed by atoms with Gasteiger partial charge in [-0.3, -0.25) is 24.1 Å². The van der Waals surface area contributed by atoms with Gasteiger partial charge in [0.2, 0.25) is 23.6 Å². The number of fused-ring (bicyclic) bond motifs is 4. The number of rotatable bonds is 3. The van der Waals surface area contributed by atoms with Gasteiger partial charge in [-0.25, -0.2) is 9.29 Å². The minimum Gasteiger partial charge on any atom is -0.508 e. The number of amides is 4. The molecule has 7 rings (SSSR count). The number of aromatic hydroxyl groups is 1. The lowest BCUT2D eigenvalue weighted by atomic mass is 9.51. The Hall–Kier alpha value is -3.72. The number of nitrogens with zero attached hydrogens (tertiary/aromatic N) is 2. The van der Waals surface area contributed by atoms with Gasteiger partial charge >= 0.3 is 0 Å². The molecule has 44 heavy (non-hydrogen) atoms. The van der Waals surface area contributed by atoms with Crippen molar-refractivity contribution in [2.45, 2.75) is 25.7 Å². The van der Waals surface area contributed by atoms with Gasteiger partial charge < -0.3 is 5.11 Å². The van der Waals surface area contributed by atoms with Crippen LogP contribution in [0.25, 0.3) is 0 Å². The van der Waals surface area contributed by atoms with Crippen LogP contribution in [0, 0.1) is 34.9 Å². The van der Waals surface area contributed by atoms with Gasteiger partial charge in [-0.05, 0) is 86.3 Å². The van der Waals surface area contributed by atoms with Crippen LogP contribution in [0.4, 0.5) is 15.8 Å². The molecule has 3 aromatic rings. The first-order valence-corrected chi connectivity index (χ1v) is 15.2. The van der Waals surface area contributed by atoms with E-state index in [0.29, 0.717) is 26.9 Å². The minimum absolute atomic E-state index is 0.116. The van der Waals surface area contributed by atoms with Gasteiger partial charge in [0, 0.05) is 21.5 Å². The Morgan fingerprint density at radius 2 is 1.50 bits per heavy atom. The van der Waals surface area contributed by atoms with Crippen molar-refractivity contribution in [1.82, 2.24) is 0 Å². The van der Waals surface area contributed by atoms with Crippen molar-refractivity contribution in [1.29, 1.82) is 0 Å². The summed E-state index contributed by atoms with van der Waals surface area (Å²) in [5.74, 6) is -6.45. The highest BCUT2D eigenvalue weighted by Crippen LogP contribution is 2.64. The third kappa shape index (κ3) is 4.00. The van der Waals surface area contributed by atoms with Gasteiger partial charge in [0.05, 0.1) is 39.6 Å². The predicted molar refractivity (Wildman–Crippen MR) is 163 cm³/mol. The smallest absolute Gasteiger partial charge is 0.241 e. The standard InChI is InChI=1S/C33H24Cl3FN2O5/c1-33-23(30(42)39(32(33)44)18-7-10-25(37)24(36)13-18)14-21-19(28(33)22-12-16(35)4-11-26(22)40)8-9-20-27(21)31(43)38(29(20)41)17-5-2-15(34)3-6-17/h2-8,10-13,20-21,23,27-28,40H,9,14H2,1H3. The lowest BCUT2D eigenvalue weighted by Crippen LogP contribution is -2.48. The molecule has 0 spiro atoms. The van der Waals surface area contributed by atoms with E-state index in [1.54, 1.807) is 37.3 Å². The van der Waals surface area contributed by atoms with Crippen molar-refractivity contribution in [3.05, 3.63) is 98.8 Å². The molecule has 2 saturated heterocycles. The number of carbonyl (C=O) groups is 4. The third-order valence-electron chi connectivity index (χ3n) is 9.82. The maximum atomic E-state index is 14.4. The van der Waals surface area contributed by atoms with Crippen LogP contribution in [0.15, 0.2) is 72.3 Å². The fourth-order valence-electron chi connectivity index (χ4n) is 7.83. The molecule has 224 valence electrons. The zero-order valence-corrected chi connectivity index (χ0v) is 25.4. The van der Waals surface area contributed by atoms with Crippen LogP contribution >= 0.6 is 34.8 Å². The van der Waals surface area contributed by atoms with E-state index in [1.807, 2.05) is 6.08 Å². The van der Waals surface area contributed by atoms with Gasteiger partial charge in [-0.2, -0.15) is 0 Å². The number of carbonyl (C=O) groups excluding carboxylic acids is 4. The van der Waals surface area contributed by atoms with Crippen LogP contribution < -0.4 is 9.80 Å². The number of allylic oxidation sites excluding steroid dienone is 2. The molecule has 0 bridgehead atoms. The molecule has 6 atom stereocenters. The molecule has 4 amide bonds. The van der Waals surface area contributed by atoms with E-state index in [0.717, 1.165) is 11.0 Å². The first kappa shape index (κ1) is 29.0. The van der Waals surface area contributed by atoms with Crippen molar-refractivity contribution in [3.8, 4) is 5.75 Å². The molecule has 3 fully saturated rings. The fourth-order valence-corrected chi connectivity index (χ4v) is 8.31. The van der Waals surface area contributed by atoms with E-state index in [1.165, 1.54) is 29.2 Å². The molecule has 2 aliphatic carbocycles. The second-order valence-corrected chi connectivity index (χ2v) is 13.2. The van der Waals surface area contributed by atoms with Crippen LogP contribution in [0.2, 0.25) is 15.1 Å². The van der Waals surface area contributed by atoms with E-state index in [-0.39, 0.29) is 35.2 Å². The molecule has 7 nitrogen and oxygen atoms in total. The van der Waals surface area contributed by atoms with E-state index in [2.05, 4.69) is 0 Å². The summed E-state index contributed by atoms with van der Waals surface area (Å²) in [6.45, 7) is 1.68. The molecule has 0 radical (unpaired) electrons. The summed E-state index contributed by atoms with van der Waals surface area (Å²) in [6, 6.07) is 14.6. The number of halogens is 4. The number of hydrogen-bond acceptors (Lipinski definition) is 5. The number of hydrogen-bond donors (Lipinski definition) is 1. The van der Waals surface area contributed by atoms with Crippen molar-refractivity contribution < 1.29 is 28.7 Å². The molecule has 3 aromatic carbocycles. The summed E-state index contributed by atoms with van der Waals surface area (Å²) < 4.78 is 14.0. The largest absolute Gasteiger partial charge is 0.508 e. The quantitative estimate of drug-likeness (QED) is 0.245. The first-order valence-electron chi connectivity index (χ1n) is 14.1. The highest BCUT2D eigenvalue weighted by Gasteiger charge is 2.68. The maximum Gasteiger partial charge on any atom is 0.241 e. The Morgan fingerprint density at radius 1 is 0.818 bits per heavy atom. The Morgan fingerprint density at radius 3 is 2.20 bits per heavy atom. The van der Waals surface area contributed by atoms with Crippen molar-refractivity contribution >= 4 is 69.8 Å². The van der Waals surface area contributed by atoms with Gasteiger partial charge in [0.1, 0.15) is 11.6 Å². The molecular weight excluding hydrogens is 630 g/mol. The molecule has 1 N–H and O–H groups in total. The molecule has 2 aliphatic heterocycles. The molecule has 0 aromatic heterocycles. The molecular formula is C33H24Cl3FN2O5. The highest BCUT2D eigenvalue weighted by atomic mass is 35.5. The molecule has 11 heteroatoms. The highest BCUT2D eigenvalue weighted by molar-refractivity contribution is 6.32. The van der Waals surface area contributed by atoms with Crippen molar-refractivity contribution in [2.24, 2.45) is 29.1 Å². The number of anilines is 2. The van der Waals surface area contributed by atoms with E-state index in [4.69, 9.17) is 34.8 Å². The molecule has 6 unspecified atom stereocenters. The van der Waals surface area contributed by atoms with E-state index in [9.17, 15) is 28.7 Å². The summed E-state index contributed by atoms with van der Waals surface area (Å²) in [5.41, 5.74) is 0.146. The Kier molecular flexibility index (Phi) is 6.70. The zero-order valence-electron chi connectivity index (χ0n) is 23.1. The van der Waals surface area contributed by atoms with Gasteiger partial charge in [-0.1, -0.05) is 46.5 Å². The van der Waals surface area contributed by atoms with Crippen LogP contribution in [-0.2, 0) is 19.2 Å². The van der Waals surface area contributed by atoms with Crippen molar-refractivity contribution in [3.63, 3.8) is 0 Å². The number of phenolic OH excluding ortho intramolecular Hbond substituents is 1. The minimum atomic E-state index is -1.41. The topological polar surface area (TPSA) is 95.0 Å². The average Bonchev–Trinajstić information content (AvgIpc) is 3.36. The maximum absolute atomic E-state index is 14.4. The Bertz CT molecular complexity index is 1830. The van der Waals surface area contributed by atoms with E-state index >= 15 is 0 Å². The van der Waals surface area contributed by atoms with Crippen LogP contribution in [-0.4, -0.2) is 28.7 Å². The molecule has 2 heterocycles. The lowest BCUT2D eigenvalue weighted by Gasteiger charge is -2.49. The van der Waals surface area contributed by atoms with Gasteiger partial charge in [0.15, 0.2) is 0 Å². The summed E-state index contributed by atoms with van der Waals surface area (Å²) in [5, 5.41) is 11.6. The summed E-state index contributed by atoms with van der Waals surface area (Å²) in [6.07, 6.45) is 2.23. The summed E-state index contributed by atoms with van der Waals surface area (Å²) >= 11 is 18.5. The normalized spacial score (nSPS) is 29.5. The van der Waals surface area contributed by atoms with Gasteiger partial charge in [0.25, 0.3) is 0 Å². The van der Waals surface area contributed by atoms with Crippen LogP contribution in [0.5, 0.6) is 5.75 Å². The summed E-state index contributed by atoms with van der Waals surface area (Å²) in [7, 11) is 0. The molecule has 4 aliphatic rings. The first-order chi connectivity index (χ1) is 20.9. The van der Waals surface area contributed by atoms with Gasteiger partial charge in [-0.15, -0.1) is 0 Å². The van der Waals surface area contributed by atoms with E-state index < -0.39 is 58.5 Å². The summed E-state index contributed by atoms with van der Waals surface area (Å²) in [4.78, 5) is 58.6. The second-order valence-electron chi connectivity index (χ2n) is 12.0. The Labute approximate surface area is 266 Å². The predicted octanol–water partition coefficient (Wildman–Crippen LogP) is 6.93. The second kappa shape index (κ2) is 10.2. The van der Waals surface area contributed by atoms with Crippen LogP contribution in [0.1, 0.15) is 31.2 Å².